The van der Waals surface area contributed by atoms with Crippen LogP contribution in [0.4, 0.5) is 0 Å². The van der Waals surface area contributed by atoms with Crippen LogP contribution in [0.1, 0.15) is 12.8 Å². The molecular formula is C9H15NO3. The molecule has 0 spiro atoms. The summed E-state index contributed by atoms with van der Waals surface area (Å²) in [4.78, 5) is 12.3. The zero-order valence-corrected chi connectivity index (χ0v) is 7.52. The lowest BCUT2D eigenvalue weighted by Crippen LogP contribution is -2.32. The molecule has 0 saturated carbocycles. The molecule has 1 unspecified atom stereocenters. The molecule has 0 amide bonds. The summed E-state index contributed by atoms with van der Waals surface area (Å²) in [6, 6.07) is 0.221. The average Bonchev–Trinajstić information content (AvgIpc) is 2.51. The van der Waals surface area contributed by atoms with Crippen molar-refractivity contribution in [2.45, 2.75) is 18.9 Å². The van der Waals surface area contributed by atoms with Crippen LogP contribution < -0.4 is 0 Å². The van der Waals surface area contributed by atoms with E-state index in [1.807, 2.05) is 0 Å². The van der Waals surface area contributed by atoms with Crippen LogP contribution >= 0.6 is 0 Å². The van der Waals surface area contributed by atoms with E-state index in [2.05, 4.69) is 4.90 Å². The van der Waals surface area contributed by atoms with Crippen molar-refractivity contribution in [2.75, 3.05) is 19.7 Å². The normalized spacial score (nSPS) is 24.2. The number of nitrogens with zero attached hydrogens (tertiary/aromatic N) is 1. The van der Waals surface area contributed by atoms with Crippen LogP contribution in [0.15, 0.2) is 12.2 Å². The highest BCUT2D eigenvalue weighted by Gasteiger charge is 2.21. The highest BCUT2D eigenvalue weighted by Crippen LogP contribution is 2.15. The van der Waals surface area contributed by atoms with Gasteiger partial charge in [-0.25, -0.2) is 4.79 Å². The molecule has 1 aliphatic heterocycles. The van der Waals surface area contributed by atoms with Crippen molar-refractivity contribution in [1.82, 2.24) is 4.90 Å². The first kappa shape index (κ1) is 10.2. The second-order valence-electron chi connectivity index (χ2n) is 3.21. The first-order chi connectivity index (χ1) is 6.24. The Kier molecular flexibility index (Phi) is 3.92. The van der Waals surface area contributed by atoms with Crippen molar-refractivity contribution in [3.05, 3.63) is 12.2 Å². The third-order valence-corrected chi connectivity index (χ3v) is 2.31. The quantitative estimate of drug-likeness (QED) is 0.609. The van der Waals surface area contributed by atoms with Gasteiger partial charge in [-0.1, -0.05) is 6.08 Å². The molecule has 2 N–H and O–H groups in total. The molecule has 0 bridgehead atoms. The zero-order valence-electron chi connectivity index (χ0n) is 7.52. The van der Waals surface area contributed by atoms with Gasteiger partial charge in [-0.2, -0.15) is 0 Å². The van der Waals surface area contributed by atoms with Crippen LogP contribution in [0.5, 0.6) is 0 Å². The van der Waals surface area contributed by atoms with E-state index in [4.69, 9.17) is 10.2 Å². The van der Waals surface area contributed by atoms with Gasteiger partial charge in [-0.05, 0) is 19.4 Å². The molecule has 0 aromatic heterocycles. The number of carboxylic acid groups (broad SMARTS) is 1. The third kappa shape index (κ3) is 3.16. The fourth-order valence-corrected chi connectivity index (χ4v) is 1.63. The average molecular weight is 185 g/mol. The molecule has 1 heterocycles. The van der Waals surface area contributed by atoms with Crippen LogP contribution in [0, 0.1) is 0 Å². The summed E-state index contributed by atoms with van der Waals surface area (Å²) in [6.45, 7) is 1.74. The summed E-state index contributed by atoms with van der Waals surface area (Å²) < 4.78 is 0. The van der Waals surface area contributed by atoms with Crippen LogP contribution in [0.3, 0.4) is 0 Å². The lowest BCUT2D eigenvalue weighted by Gasteiger charge is -2.20. The Bertz CT molecular complexity index is 203. The smallest absolute Gasteiger partial charge is 0.328 e. The van der Waals surface area contributed by atoms with Gasteiger partial charge in [0.25, 0.3) is 0 Å². The number of aliphatic hydroxyl groups is 1. The predicted molar refractivity (Wildman–Crippen MR) is 48.5 cm³/mol. The molecule has 1 aliphatic rings. The maximum Gasteiger partial charge on any atom is 0.328 e. The maximum atomic E-state index is 10.2. The van der Waals surface area contributed by atoms with Crippen molar-refractivity contribution in [3.63, 3.8) is 0 Å². The van der Waals surface area contributed by atoms with Crippen molar-refractivity contribution in [1.29, 1.82) is 0 Å². The van der Waals surface area contributed by atoms with E-state index in [0.717, 1.165) is 25.5 Å². The number of rotatable bonds is 4. The first-order valence-corrected chi connectivity index (χ1v) is 4.48. The molecule has 0 aromatic rings. The molecule has 13 heavy (non-hydrogen) atoms. The molecule has 0 aliphatic carbocycles. The summed E-state index contributed by atoms with van der Waals surface area (Å²) in [5.41, 5.74) is 0. The summed E-state index contributed by atoms with van der Waals surface area (Å²) in [5, 5.41) is 17.3. The van der Waals surface area contributed by atoms with E-state index in [1.165, 1.54) is 0 Å². The lowest BCUT2D eigenvalue weighted by molar-refractivity contribution is -0.131. The Morgan fingerprint density at radius 3 is 3.00 bits per heavy atom. The van der Waals surface area contributed by atoms with E-state index in [9.17, 15) is 4.79 Å². The highest BCUT2D eigenvalue weighted by molar-refractivity contribution is 5.79. The van der Waals surface area contributed by atoms with E-state index in [0.29, 0.717) is 6.54 Å². The summed E-state index contributed by atoms with van der Waals surface area (Å²) >= 11 is 0. The van der Waals surface area contributed by atoms with Gasteiger partial charge in [0.15, 0.2) is 0 Å². The number of carbonyl (C=O) groups is 1. The number of likely N-dealkylation sites (tertiary alicyclic amines) is 1. The summed E-state index contributed by atoms with van der Waals surface area (Å²) in [5.74, 6) is -0.917. The van der Waals surface area contributed by atoms with Crippen molar-refractivity contribution < 1.29 is 15.0 Å². The van der Waals surface area contributed by atoms with Crippen LogP contribution in [-0.4, -0.2) is 46.8 Å². The van der Waals surface area contributed by atoms with E-state index in [1.54, 1.807) is 6.08 Å². The molecular weight excluding hydrogens is 170 g/mol. The van der Waals surface area contributed by atoms with Crippen LogP contribution in [-0.2, 0) is 4.79 Å². The minimum Gasteiger partial charge on any atom is -0.478 e. The Morgan fingerprint density at radius 2 is 2.38 bits per heavy atom. The molecule has 4 nitrogen and oxygen atoms in total. The standard InChI is InChI=1S/C9H15NO3/c11-7-8-3-1-5-10(8)6-2-4-9(12)13/h2,4,8,11H,1,3,5-7H2,(H,12,13). The van der Waals surface area contributed by atoms with E-state index < -0.39 is 5.97 Å². The maximum absolute atomic E-state index is 10.2. The number of hydrogen-bond acceptors (Lipinski definition) is 3. The van der Waals surface area contributed by atoms with Gasteiger partial charge < -0.3 is 10.2 Å². The van der Waals surface area contributed by atoms with Crippen molar-refractivity contribution in [3.8, 4) is 0 Å². The number of hydrogen-bond donors (Lipinski definition) is 2. The molecule has 1 atom stereocenters. The number of aliphatic carboxylic acids is 1. The van der Waals surface area contributed by atoms with E-state index in [-0.39, 0.29) is 12.6 Å². The van der Waals surface area contributed by atoms with Gasteiger partial charge in [-0.15, -0.1) is 0 Å². The van der Waals surface area contributed by atoms with Crippen molar-refractivity contribution >= 4 is 5.97 Å². The highest BCUT2D eigenvalue weighted by atomic mass is 16.4. The van der Waals surface area contributed by atoms with Gasteiger partial charge in [0.1, 0.15) is 0 Å². The zero-order chi connectivity index (χ0) is 9.68. The molecule has 4 heteroatoms. The minimum absolute atomic E-state index is 0.168. The molecule has 0 radical (unpaired) electrons. The Labute approximate surface area is 77.5 Å². The molecule has 1 rings (SSSR count). The molecule has 1 fully saturated rings. The van der Waals surface area contributed by atoms with E-state index >= 15 is 0 Å². The van der Waals surface area contributed by atoms with Gasteiger partial charge >= 0.3 is 5.97 Å². The number of aliphatic hydroxyl groups excluding tert-OH is 1. The first-order valence-electron chi connectivity index (χ1n) is 4.48. The Balaban J connectivity index is 2.31. The van der Waals surface area contributed by atoms with Crippen LogP contribution in [0.2, 0.25) is 0 Å². The van der Waals surface area contributed by atoms with Gasteiger partial charge in [0, 0.05) is 18.7 Å². The van der Waals surface area contributed by atoms with Gasteiger partial charge in [-0.3, -0.25) is 4.90 Å². The Hall–Kier alpha value is -0.870. The van der Waals surface area contributed by atoms with Gasteiger partial charge in [0.05, 0.1) is 6.61 Å². The fourth-order valence-electron chi connectivity index (χ4n) is 1.63. The lowest BCUT2D eigenvalue weighted by atomic mass is 10.2. The van der Waals surface area contributed by atoms with Gasteiger partial charge in [0.2, 0.25) is 0 Å². The topological polar surface area (TPSA) is 60.8 Å². The largest absolute Gasteiger partial charge is 0.478 e. The number of carboxylic acids is 1. The monoisotopic (exact) mass is 185 g/mol. The predicted octanol–water partition coefficient (Wildman–Crippen LogP) is 0.0839. The van der Waals surface area contributed by atoms with Crippen molar-refractivity contribution in [2.24, 2.45) is 0 Å². The molecule has 0 aromatic carbocycles. The summed E-state index contributed by atoms with van der Waals surface area (Å²) in [7, 11) is 0. The Morgan fingerprint density at radius 1 is 1.62 bits per heavy atom. The third-order valence-electron chi connectivity index (χ3n) is 2.31. The van der Waals surface area contributed by atoms with Crippen LogP contribution in [0.25, 0.3) is 0 Å². The fraction of sp³-hybridized carbons (Fsp3) is 0.667. The second-order valence-corrected chi connectivity index (χ2v) is 3.21. The summed E-state index contributed by atoms with van der Waals surface area (Å²) in [6.07, 6.45) is 4.87. The minimum atomic E-state index is -0.917. The molecule has 1 saturated heterocycles. The molecule has 74 valence electrons. The SMILES string of the molecule is O=C(O)C=CCN1CCCC1CO. The second kappa shape index (κ2) is 4.99.